The molecule has 1 saturated heterocycles. The molecule has 2 heterocycles. The summed E-state index contributed by atoms with van der Waals surface area (Å²) in [5.41, 5.74) is 3.80. The molecule has 0 radical (unpaired) electrons. The van der Waals surface area contributed by atoms with Gasteiger partial charge in [-0.2, -0.15) is 5.10 Å². The van der Waals surface area contributed by atoms with Gasteiger partial charge in [0.15, 0.2) is 0 Å². The molecule has 1 aliphatic heterocycles. The normalized spacial score (nSPS) is 14.5. The van der Waals surface area contributed by atoms with Crippen molar-refractivity contribution in [3.63, 3.8) is 0 Å². The van der Waals surface area contributed by atoms with Crippen LogP contribution in [0.1, 0.15) is 39.3 Å². The number of hydrogen-bond donors (Lipinski definition) is 0. The predicted molar refractivity (Wildman–Crippen MR) is 133 cm³/mol. The lowest BCUT2D eigenvalue weighted by atomic mass is 10.1. The summed E-state index contributed by atoms with van der Waals surface area (Å²) >= 11 is 0. The van der Waals surface area contributed by atoms with Crippen LogP contribution in [0.25, 0.3) is 0 Å². The molecule has 1 fully saturated rings. The van der Waals surface area contributed by atoms with Crippen molar-refractivity contribution in [2.24, 2.45) is 0 Å². The predicted octanol–water partition coefficient (Wildman–Crippen LogP) is 3.81. The van der Waals surface area contributed by atoms with E-state index in [-0.39, 0.29) is 11.6 Å². The number of aryl methyl sites for hydroxylation is 1. The number of methoxy groups -OCH3 is 1. The molecule has 0 aliphatic carbocycles. The van der Waals surface area contributed by atoms with Gasteiger partial charge in [-0.1, -0.05) is 24.3 Å². The van der Waals surface area contributed by atoms with Gasteiger partial charge in [-0.25, -0.2) is 0 Å². The first-order valence-corrected chi connectivity index (χ1v) is 11.8. The van der Waals surface area contributed by atoms with Crippen molar-refractivity contribution in [2.75, 3.05) is 33.3 Å². The first-order valence-electron chi connectivity index (χ1n) is 11.8. The number of benzene rings is 2. The SMILES string of the molecule is COc1ccc(CN2CCCN(C(=O)c3ccc(Cn4nc(C)c([N+](=O)[O-])c4C)cc3)CC2)cc1. The second-order valence-corrected chi connectivity index (χ2v) is 8.90. The van der Waals surface area contributed by atoms with Gasteiger partial charge in [-0.05, 0) is 55.7 Å². The van der Waals surface area contributed by atoms with Crippen molar-refractivity contribution < 1.29 is 14.5 Å². The van der Waals surface area contributed by atoms with E-state index in [2.05, 4.69) is 22.1 Å². The maximum Gasteiger partial charge on any atom is 0.312 e. The van der Waals surface area contributed by atoms with Crippen LogP contribution in [0.5, 0.6) is 5.75 Å². The highest BCUT2D eigenvalue weighted by atomic mass is 16.6. The Morgan fingerprint density at radius 3 is 2.26 bits per heavy atom. The number of ether oxygens (including phenoxy) is 1. The fourth-order valence-electron chi connectivity index (χ4n) is 4.54. The zero-order valence-corrected chi connectivity index (χ0v) is 20.4. The van der Waals surface area contributed by atoms with Gasteiger partial charge in [-0.3, -0.25) is 24.5 Å². The quantitative estimate of drug-likeness (QED) is 0.379. The van der Waals surface area contributed by atoms with Crippen LogP contribution in [0.15, 0.2) is 48.5 Å². The number of nitrogens with zero attached hydrogens (tertiary/aromatic N) is 5. The van der Waals surface area contributed by atoms with E-state index in [0.717, 1.165) is 43.9 Å². The van der Waals surface area contributed by atoms with Crippen LogP contribution in [0.4, 0.5) is 5.69 Å². The van der Waals surface area contributed by atoms with Gasteiger partial charge in [0.25, 0.3) is 5.91 Å². The van der Waals surface area contributed by atoms with Crippen molar-refractivity contribution in [1.29, 1.82) is 0 Å². The molecule has 0 N–H and O–H groups in total. The van der Waals surface area contributed by atoms with Crippen molar-refractivity contribution in [3.05, 3.63) is 86.7 Å². The Balaban J connectivity index is 1.35. The van der Waals surface area contributed by atoms with Gasteiger partial charge in [-0.15, -0.1) is 0 Å². The van der Waals surface area contributed by atoms with Crippen molar-refractivity contribution in [2.45, 2.75) is 33.4 Å². The lowest BCUT2D eigenvalue weighted by Gasteiger charge is -2.22. The van der Waals surface area contributed by atoms with Gasteiger partial charge in [0, 0.05) is 38.3 Å². The highest BCUT2D eigenvalue weighted by molar-refractivity contribution is 5.94. The standard InChI is InChI=1S/C26H31N5O4/c1-19-25(31(33)34)20(2)30(27-19)18-22-5-9-23(10-6-22)26(32)29-14-4-13-28(15-16-29)17-21-7-11-24(35-3)12-8-21/h5-12H,4,13-18H2,1-3H3. The molecule has 4 rings (SSSR count). The summed E-state index contributed by atoms with van der Waals surface area (Å²) in [7, 11) is 1.66. The van der Waals surface area contributed by atoms with E-state index < -0.39 is 4.92 Å². The third-order valence-electron chi connectivity index (χ3n) is 6.50. The largest absolute Gasteiger partial charge is 0.497 e. The third kappa shape index (κ3) is 5.68. The van der Waals surface area contributed by atoms with E-state index in [1.165, 1.54) is 5.56 Å². The Morgan fingerprint density at radius 1 is 0.971 bits per heavy atom. The average molecular weight is 478 g/mol. The summed E-state index contributed by atoms with van der Waals surface area (Å²) in [6.45, 7) is 7.80. The topological polar surface area (TPSA) is 93.7 Å². The minimum absolute atomic E-state index is 0.0320. The summed E-state index contributed by atoms with van der Waals surface area (Å²) in [4.78, 5) is 28.3. The summed E-state index contributed by atoms with van der Waals surface area (Å²) < 4.78 is 6.87. The first kappa shape index (κ1) is 24.4. The number of nitro groups is 1. The van der Waals surface area contributed by atoms with E-state index in [4.69, 9.17) is 4.74 Å². The minimum atomic E-state index is -0.394. The number of hydrogen-bond acceptors (Lipinski definition) is 6. The van der Waals surface area contributed by atoms with Crippen molar-refractivity contribution >= 4 is 11.6 Å². The van der Waals surface area contributed by atoms with Gasteiger partial charge in [0.05, 0.1) is 18.6 Å². The van der Waals surface area contributed by atoms with Gasteiger partial charge in [0.2, 0.25) is 0 Å². The molecule has 3 aromatic rings. The lowest BCUT2D eigenvalue weighted by molar-refractivity contribution is -0.386. The second kappa shape index (κ2) is 10.7. The Labute approximate surface area is 205 Å². The summed E-state index contributed by atoms with van der Waals surface area (Å²) in [6.07, 6.45) is 0.927. The molecule has 0 saturated carbocycles. The molecule has 1 aliphatic rings. The molecule has 0 bridgehead atoms. The zero-order chi connectivity index (χ0) is 24.9. The molecule has 9 nitrogen and oxygen atoms in total. The second-order valence-electron chi connectivity index (χ2n) is 8.90. The molecule has 0 atom stereocenters. The van der Waals surface area contributed by atoms with Gasteiger partial charge >= 0.3 is 5.69 Å². The Hall–Kier alpha value is -3.72. The maximum absolute atomic E-state index is 13.1. The molecule has 184 valence electrons. The van der Waals surface area contributed by atoms with Gasteiger partial charge in [0.1, 0.15) is 17.1 Å². The van der Waals surface area contributed by atoms with Crippen LogP contribution in [-0.4, -0.2) is 63.7 Å². The van der Waals surface area contributed by atoms with Crippen molar-refractivity contribution in [3.8, 4) is 5.75 Å². The summed E-state index contributed by atoms with van der Waals surface area (Å²) in [6, 6.07) is 15.6. The van der Waals surface area contributed by atoms with E-state index >= 15 is 0 Å². The number of rotatable bonds is 7. The smallest absolute Gasteiger partial charge is 0.312 e. The molecule has 0 unspecified atom stereocenters. The summed E-state index contributed by atoms with van der Waals surface area (Å²) in [5, 5.41) is 15.5. The zero-order valence-electron chi connectivity index (χ0n) is 20.4. The van der Waals surface area contributed by atoms with Crippen LogP contribution in [0, 0.1) is 24.0 Å². The van der Waals surface area contributed by atoms with E-state index in [1.807, 2.05) is 41.3 Å². The van der Waals surface area contributed by atoms with Crippen LogP contribution in [0.3, 0.4) is 0 Å². The fourth-order valence-corrected chi connectivity index (χ4v) is 4.54. The van der Waals surface area contributed by atoms with E-state index in [1.54, 1.807) is 25.6 Å². The Bertz CT molecular complexity index is 1190. The molecule has 35 heavy (non-hydrogen) atoms. The molecule has 2 aromatic carbocycles. The lowest BCUT2D eigenvalue weighted by Crippen LogP contribution is -2.35. The fraction of sp³-hybridized carbons (Fsp3) is 0.385. The van der Waals surface area contributed by atoms with Crippen LogP contribution >= 0.6 is 0 Å². The third-order valence-corrected chi connectivity index (χ3v) is 6.50. The Kier molecular flexibility index (Phi) is 7.45. The van der Waals surface area contributed by atoms with Gasteiger partial charge < -0.3 is 9.64 Å². The average Bonchev–Trinajstić information content (AvgIpc) is 3.00. The highest BCUT2D eigenvalue weighted by Crippen LogP contribution is 2.23. The number of carbonyl (C=O) groups excluding carboxylic acids is 1. The number of amides is 1. The maximum atomic E-state index is 13.1. The molecule has 9 heteroatoms. The minimum Gasteiger partial charge on any atom is -0.497 e. The van der Waals surface area contributed by atoms with E-state index in [0.29, 0.717) is 30.0 Å². The van der Waals surface area contributed by atoms with Crippen molar-refractivity contribution in [1.82, 2.24) is 19.6 Å². The molecular weight excluding hydrogens is 446 g/mol. The van der Waals surface area contributed by atoms with E-state index in [9.17, 15) is 14.9 Å². The molecule has 1 aromatic heterocycles. The monoisotopic (exact) mass is 477 g/mol. The van der Waals surface area contributed by atoms with Crippen LogP contribution < -0.4 is 4.74 Å². The first-order chi connectivity index (χ1) is 16.9. The molecular formula is C26H31N5O4. The Morgan fingerprint density at radius 2 is 1.63 bits per heavy atom. The van der Waals surface area contributed by atoms with Crippen LogP contribution in [-0.2, 0) is 13.1 Å². The highest BCUT2D eigenvalue weighted by Gasteiger charge is 2.23. The molecule has 0 spiro atoms. The number of aromatic nitrogens is 2. The summed E-state index contributed by atoms with van der Waals surface area (Å²) in [5.74, 6) is 0.883. The number of carbonyl (C=O) groups is 1. The molecule has 1 amide bonds. The van der Waals surface area contributed by atoms with Crippen LogP contribution in [0.2, 0.25) is 0 Å².